The van der Waals surface area contributed by atoms with E-state index in [1.807, 2.05) is 42.5 Å². The van der Waals surface area contributed by atoms with Crippen LogP contribution in [-0.2, 0) is 27.2 Å². The van der Waals surface area contributed by atoms with Crippen LogP contribution in [-0.4, -0.2) is 41.0 Å². The van der Waals surface area contributed by atoms with E-state index >= 15 is 0 Å². The fourth-order valence-electron chi connectivity index (χ4n) is 5.57. The molecule has 0 spiro atoms. The Morgan fingerprint density at radius 3 is 2.42 bits per heavy atom. The van der Waals surface area contributed by atoms with Crippen LogP contribution in [0.5, 0.6) is 0 Å². The highest BCUT2D eigenvalue weighted by molar-refractivity contribution is 8.00. The van der Waals surface area contributed by atoms with Crippen LogP contribution in [0.25, 0.3) is 17.0 Å². The average Bonchev–Trinajstić information content (AvgIpc) is 3.69. The number of esters is 1. The third-order valence-corrected chi connectivity index (χ3v) is 10.4. The van der Waals surface area contributed by atoms with Gasteiger partial charge in [-0.25, -0.2) is 4.79 Å². The second-order valence-corrected chi connectivity index (χ2v) is 13.8. The van der Waals surface area contributed by atoms with Gasteiger partial charge in [0, 0.05) is 43.7 Å². The van der Waals surface area contributed by atoms with E-state index in [2.05, 4.69) is 20.9 Å². The zero-order valence-electron chi connectivity index (χ0n) is 26.4. The summed E-state index contributed by atoms with van der Waals surface area (Å²) in [4.78, 5) is 57.5. The standard InChI is InChI=1S/C37H34N4O5S2/c1-22(33(42)41-36-32(37(45)46-2)28-13-7-9-15-31(28)48-36)47-26-18-16-25(17-19-26)39-35(44)30(40-34(43)23-10-4-3-5-11-23)20-24-21-38-29-14-8-6-12-27(24)29/h3-6,8,10-12,14,16-22,38H,7,9,13,15H2,1-2H3,(H,39,44)(H,40,43)(H,41,42)/b30-20-/t22-/m1/s1. The summed E-state index contributed by atoms with van der Waals surface area (Å²) in [5.74, 6) is -1.54. The Morgan fingerprint density at radius 1 is 0.917 bits per heavy atom. The van der Waals surface area contributed by atoms with Gasteiger partial charge in [0.25, 0.3) is 11.8 Å². The van der Waals surface area contributed by atoms with Crippen molar-refractivity contribution < 1.29 is 23.9 Å². The second-order valence-electron chi connectivity index (χ2n) is 11.3. The van der Waals surface area contributed by atoms with Gasteiger partial charge in [-0.2, -0.15) is 0 Å². The molecule has 4 N–H and O–H groups in total. The number of anilines is 2. The van der Waals surface area contributed by atoms with Crippen LogP contribution in [0.4, 0.5) is 10.7 Å². The molecule has 2 heterocycles. The molecule has 0 saturated heterocycles. The number of rotatable bonds is 10. The van der Waals surface area contributed by atoms with Gasteiger partial charge in [0.1, 0.15) is 10.7 Å². The summed E-state index contributed by atoms with van der Waals surface area (Å²) in [5, 5.41) is 9.61. The lowest BCUT2D eigenvalue weighted by molar-refractivity contribution is -0.115. The van der Waals surface area contributed by atoms with Crippen molar-refractivity contribution in [2.45, 2.75) is 42.8 Å². The summed E-state index contributed by atoms with van der Waals surface area (Å²) in [6.07, 6.45) is 7.21. The number of amides is 3. The predicted octanol–water partition coefficient (Wildman–Crippen LogP) is 7.42. The second kappa shape index (κ2) is 14.7. The maximum absolute atomic E-state index is 13.5. The smallest absolute Gasteiger partial charge is 0.341 e. The molecule has 0 saturated carbocycles. The van der Waals surface area contributed by atoms with Crippen molar-refractivity contribution in [3.05, 3.63) is 118 Å². The number of nitrogens with one attached hydrogen (secondary N) is 4. The molecule has 5 aromatic rings. The van der Waals surface area contributed by atoms with Crippen molar-refractivity contribution in [1.29, 1.82) is 0 Å². The molecule has 0 unspecified atom stereocenters. The molecule has 244 valence electrons. The third-order valence-electron chi connectivity index (χ3n) is 8.04. The molecule has 1 aliphatic carbocycles. The van der Waals surface area contributed by atoms with E-state index in [4.69, 9.17) is 4.74 Å². The Hall–Kier alpha value is -5.13. The first-order chi connectivity index (χ1) is 23.3. The van der Waals surface area contributed by atoms with Crippen molar-refractivity contribution in [2.24, 2.45) is 0 Å². The quantitative estimate of drug-likeness (QED) is 0.0691. The van der Waals surface area contributed by atoms with E-state index in [1.54, 1.807) is 55.6 Å². The van der Waals surface area contributed by atoms with Crippen LogP contribution < -0.4 is 16.0 Å². The highest BCUT2D eigenvalue weighted by Crippen LogP contribution is 2.39. The van der Waals surface area contributed by atoms with E-state index in [0.29, 0.717) is 21.8 Å². The number of thiophene rings is 1. The van der Waals surface area contributed by atoms with Crippen molar-refractivity contribution >= 4 is 74.5 Å². The van der Waals surface area contributed by atoms with Crippen LogP contribution >= 0.6 is 23.1 Å². The highest BCUT2D eigenvalue weighted by atomic mass is 32.2. The van der Waals surface area contributed by atoms with Crippen molar-refractivity contribution in [2.75, 3.05) is 17.7 Å². The van der Waals surface area contributed by atoms with Gasteiger partial charge < -0.3 is 25.7 Å². The van der Waals surface area contributed by atoms with Crippen molar-refractivity contribution in [1.82, 2.24) is 10.3 Å². The largest absolute Gasteiger partial charge is 0.465 e. The lowest BCUT2D eigenvalue weighted by atomic mass is 9.95. The summed E-state index contributed by atoms with van der Waals surface area (Å²) in [6.45, 7) is 1.80. The van der Waals surface area contributed by atoms with Gasteiger partial charge in [-0.15, -0.1) is 23.1 Å². The van der Waals surface area contributed by atoms with Gasteiger partial charge in [0.05, 0.1) is 17.9 Å². The molecule has 1 atom stereocenters. The minimum atomic E-state index is -0.488. The number of hydrogen-bond acceptors (Lipinski definition) is 7. The third kappa shape index (κ3) is 7.37. The van der Waals surface area contributed by atoms with Crippen molar-refractivity contribution in [3.63, 3.8) is 0 Å². The minimum Gasteiger partial charge on any atom is -0.465 e. The maximum Gasteiger partial charge on any atom is 0.341 e. The summed E-state index contributed by atoms with van der Waals surface area (Å²) < 4.78 is 5.03. The van der Waals surface area contributed by atoms with E-state index in [-0.39, 0.29) is 11.6 Å². The summed E-state index contributed by atoms with van der Waals surface area (Å²) in [7, 11) is 1.35. The van der Waals surface area contributed by atoms with Crippen LogP contribution in [0.1, 0.15) is 56.5 Å². The molecule has 3 amide bonds. The number of carbonyl (C=O) groups excluding carboxylic acids is 4. The van der Waals surface area contributed by atoms with E-state index in [0.717, 1.165) is 57.5 Å². The zero-order chi connectivity index (χ0) is 33.6. The molecule has 9 nitrogen and oxygen atoms in total. The van der Waals surface area contributed by atoms with E-state index < -0.39 is 23.0 Å². The number of hydrogen-bond donors (Lipinski definition) is 4. The molecule has 48 heavy (non-hydrogen) atoms. The number of benzene rings is 3. The lowest BCUT2D eigenvalue weighted by Crippen LogP contribution is -2.30. The monoisotopic (exact) mass is 678 g/mol. The normalized spacial score (nSPS) is 13.3. The number of methoxy groups -OCH3 is 1. The molecule has 0 bridgehead atoms. The maximum atomic E-state index is 13.5. The molecule has 6 rings (SSSR count). The van der Waals surface area contributed by atoms with Crippen LogP contribution in [0.3, 0.4) is 0 Å². The minimum absolute atomic E-state index is 0.0823. The van der Waals surface area contributed by atoms with Gasteiger partial charge in [-0.05, 0) is 86.7 Å². The number of aromatic nitrogens is 1. The van der Waals surface area contributed by atoms with Gasteiger partial charge in [0.15, 0.2) is 0 Å². The molecule has 0 fully saturated rings. The summed E-state index contributed by atoms with van der Waals surface area (Å²) in [5.41, 5.74) is 4.16. The number of aryl methyl sites for hydroxylation is 1. The number of fused-ring (bicyclic) bond motifs is 2. The molecular weight excluding hydrogens is 645 g/mol. The first kappa shape index (κ1) is 32.8. The molecular formula is C37H34N4O5S2. The Balaban J connectivity index is 1.14. The van der Waals surface area contributed by atoms with Crippen molar-refractivity contribution in [3.8, 4) is 0 Å². The molecule has 2 aromatic heterocycles. The Labute approximate surface area is 286 Å². The molecule has 0 radical (unpaired) electrons. The average molecular weight is 679 g/mol. The molecule has 11 heteroatoms. The van der Waals surface area contributed by atoms with E-state index in [9.17, 15) is 19.2 Å². The van der Waals surface area contributed by atoms with Crippen LogP contribution in [0, 0.1) is 0 Å². The Bertz CT molecular complexity index is 2010. The van der Waals surface area contributed by atoms with Gasteiger partial charge in [0.2, 0.25) is 5.91 Å². The zero-order valence-corrected chi connectivity index (χ0v) is 28.1. The Morgan fingerprint density at radius 2 is 1.65 bits per heavy atom. The van der Waals surface area contributed by atoms with Gasteiger partial charge in [-0.3, -0.25) is 14.4 Å². The van der Waals surface area contributed by atoms with E-state index in [1.165, 1.54) is 30.2 Å². The molecule has 0 aliphatic heterocycles. The first-order valence-corrected chi connectivity index (χ1v) is 17.3. The Kier molecular flexibility index (Phi) is 10.1. The highest BCUT2D eigenvalue weighted by Gasteiger charge is 2.28. The van der Waals surface area contributed by atoms with Crippen LogP contribution in [0.2, 0.25) is 0 Å². The first-order valence-electron chi connectivity index (χ1n) is 15.6. The lowest BCUT2D eigenvalue weighted by Gasteiger charge is -2.14. The number of thioether (sulfide) groups is 1. The topological polar surface area (TPSA) is 129 Å². The summed E-state index contributed by atoms with van der Waals surface area (Å²) in [6, 6.07) is 23.5. The number of aromatic amines is 1. The predicted molar refractivity (Wildman–Crippen MR) is 192 cm³/mol. The summed E-state index contributed by atoms with van der Waals surface area (Å²) >= 11 is 2.82. The van der Waals surface area contributed by atoms with Crippen LogP contribution in [0.15, 0.2) is 95.7 Å². The fourth-order valence-corrected chi connectivity index (χ4v) is 7.72. The fraction of sp³-hybridized carbons (Fsp3) is 0.189. The number of para-hydroxylation sites is 1. The molecule has 3 aromatic carbocycles. The molecule has 1 aliphatic rings. The number of carbonyl (C=O) groups is 4. The number of H-pyrrole nitrogens is 1. The van der Waals surface area contributed by atoms with Gasteiger partial charge >= 0.3 is 5.97 Å². The number of ether oxygens (including phenoxy) is 1. The van der Waals surface area contributed by atoms with Gasteiger partial charge in [-0.1, -0.05) is 36.4 Å². The SMILES string of the molecule is COC(=O)c1c(NC(=O)[C@@H](C)Sc2ccc(NC(=O)/C(=C/c3c[nH]c4ccccc34)NC(=O)c3ccccc3)cc2)sc2c1CCCC2.